The van der Waals surface area contributed by atoms with Crippen molar-refractivity contribution in [1.29, 1.82) is 0 Å². The van der Waals surface area contributed by atoms with Crippen LogP contribution in [0.3, 0.4) is 0 Å². The number of carbonyl (C=O) groups is 2. The molecule has 0 bridgehead atoms. The van der Waals surface area contributed by atoms with Gasteiger partial charge in [0.05, 0.1) is 13.0 Å². The van der Waals surface area contributed by atoms with Gasteiger partial charge in [-0.15, -0.1) is 0 Å². The third-order valence-corrected chi connectivity index (χ3v) is 6.91. The zero-order chi connectivity index (χ0) is 29.5. The summed E-state index contributed by atoms with van der Waals surface area (Å²) in [5.41, 5.74) is 12.2. The number of ether oxygens (including phenoxy) is 1. The minimum Gasteiger partial charge on any atom is -0.480 e. The lowest BCUT2D eigenvalue weighted by molar-refractivity contribution is -0.125. The van der Waals surface area contributed by atoms with E-state index in [0.717, 1.165) is 11.1 Å². The Labute approximate surface area is 242 Å². The lowest BCUT2D eigenvalue weighted by Crippen LogP contribution is -2.35. The highest BCUT2D eigenvalue weighted by molar-refractivity contribution is 6.30. The van der Waals surface area contributed by atoms with Gasteiger partial charge in [-0.2, -0.15) is 0 Å². The number of rotatable bonds is 12. The van der Waals surface area contributed by atoms with Gasteiger partial charge >= 0.3 is 0 Å². The van der Waals surface area contributed by atoms with Crippen molar-refractivity contribution in [2.45, 2.75) is 52.8 Å². The Kier molecular flexibility index (Phi) is 9.46. The Morgan fingerprint density at radius 3 is 2.56 bits per heavy atom. The fraction of sp³-hybridized carbons (Fsp3) is 0.267. The molecule has 2 heterocycles. The molecule has 0 aliphatic carbocycles. The van der Waals surface area contributed by atoms with Gasteiger partial charge in [-0.25, -0.2) is 4.68 Å². The number of hydrogen-bond donors (Lipinski definition) is 3. The Bertz CT molecular complexity index is 1600. The predicted octanol–water partition coefficient (Wildman–Crippen LogP) is 4.02. The van der Waals surface area contributed by atoms with Crippen molar-refractivity contribution in [3.05, 3.63) is 104 Å². The molecular formula is C30H32ClN5O5. The van der Waals surface area contributed by atoms with Crippen molar-refractivity contribution >= 4 is 23.4 Å². The lowest BCUT2D eigenvalue weighted by Gasteiger charge is -2.18. The van der Waals surface area contributed by atoms with E-state index in [-0.39, 0.29) is 31.0 Å². The first-order chi connectivity index (χ1) is 19.7. The van der Waals surface area contributed by atoms with Gasteiger partial charge in [0.2, 0.25) is 5.91 Å². The predicted molar refractivity (Wildman–Crippen MR) is 156 cm³/mol. The van der Waals surface area contributed by atoms with Gasteiger partial charge in [0.25, 0.3) is 11.5 Å². The number of aryl methyl sites for hydroxylation is 2. The summed E-state index contributed by atoms with van der Waals surface area (Å²) in [5, 5.41) is 7.44. The smallest absolute Gasteiger partial charge is 0.272 e. The molecule has 4 aromatic rings. The van der Waals surface area contributed by atoms with Gasteiger partial charge in [0.15, 0.2) is 6.10 Å². The fourth-order valence-electron chi connectivity index (χ4n) is 4.31. The number of halogens is 1. The summed E-state index contributed by atoms with van der Waals surface area (Å²) in [5.74, 6) is 0.0812. The van der Waals surface area contributed by atoms with E-state index in [4.69, 9.17) is 26.6 Å². The maximum atomic E-state index is 13.3. The Hall–Kier alpha value is -4.57. The van der Waals surface area contributed by atoms with Crippen LogP contribution in [-0.2, 0) is 29.1 Å². The average molecular weight is 578 g/mol. The van der Waals surface area contributed by atoms with Crippen molar-refractivity contribution in [2.24, 2.45) is 5.73 Å². The van der Waals surface area contributed by atoms with E-state index in [0.29, 0.717) is 45.3 Å². The lowest BCUT2D eigenvalue weighted by atomic mass is 10.1. The number of amides is 2. The number of pyridine rings is 1. The topological polar surface area (TPSA) is 141 Å². The van der Waals surface area contributed by atoms with Crippen LogP contribution in [0, 0.1) is 13.8 Å². The van der Waals surface area contributed by atoms with Crippen molar-refractivity contribution < 1.29 is 18.8 Å². The van der Waals surface area contributed by atoms with E-state index in [2.05, 4.69) is 15.9 Å². The molecule has 0 fully saturated rings. The minimum atomic E-state index is -0.811. The van der Waals surface area contributed by atoms with E-state index in [1.165, 1.54) is 4.68 Å². The van der Waals surface area contributed by atoms with E-state index >= 15 is 0 Å². The van der Waals surface area contributed by atoms with E-state index in [9.17, 15) is 14.4 Å². The molecule has 2 aromatic carbocycles. The van der Waals surface area contributed by atoms with Gasteiger partial charge in [0.1, 0.15) is 17.2 Å². The van der Waals surface area contributed by atoms with Gasteiger partial charge in [0, 0.05) is 40.0 Å². The van der Waals surface area contributed by atoms with Crippen LogP contribution in [0.1, 0.15) is 41.4 Å². The standard InChI is InChI=1S/C30H32ClN5O5/c1-4-25(29(32)38)40-26-11-10-22(31)14-21(26)16-33-27(37)15-23-18(2)12-13-36(30(23)39)34-17-24-19(3)41-35-28(24)20-8-6-5-7-9-20/h5-14,25,34H,4,15-17H2,1-3H3,(H2,32,38)(H,33,37). The van der Waals surface area contributed by atoms with E-state index in [1.807, 2.05) is 37.3 Å². The third-order valence-electron chi connectivity index (χ3n) is 6.68. The molecule has 11 heteroatoms. The molecule has 0 saturated carbocycles. The van der Waals surface area contributed by atoms with Crippen LogP contribution in [0.15, 0.2) is 70.1 Å². The normalized spacial score (nSPS) is 11.6. The summed E-state index contributed by atoms with van der Waals surface area (Å²) in [4.78, 5) is 37.9. The molecule has 0 saturated heterocycles. The summed E-state index contributed by atoms with van der Waals surface area (Å²) in [6.45, 7) is 5.75. The second kappa shape index (κ2) is 13.2. The van der Waals surface area contributed by atoms with Crippen LogP contribution in [0.2, 0.25) is 5.02 Å². The number of aromatic nitrogens is 2. The van der Waals surface area contributed by atoms with Gasteiger partial charge < -0.3 is 25.7 Å². The molecule has 214 valence electrons. The average Bonchev–Trinajstić information content (AvgIpc) is 3.33. The molecule has 0 aliphatic heterocycles. The monoisotopic (exact) mass is 577 g/mol. The molecule has 2 aromatic heterocycles. The number of nitrogens with two attached hydrogens (primary N) is 1. The van der Waals surface area contributed by atoms with E-state index < -0.39 is 12.0 Å². The molecule has 1 atom stereocenters. The number of carbonyl (C=O) groups excluding carboxylic acids is 2. The van der Waals surface area contributed by atoms with Crippen molar-refractivity contribution in [1.82, 2.24) is 15.1 Å². The summed E-state index contributed by atoms with van der Waals surface area (Å²) in [6, 6.07) is 16.3. The molecule has 1 unspecified atom stereocenters. The molecule has 4 rings (SSSR count). The number of nitrogens with one attached hydrogen (secondary N) is 2. The SMILES string of the molecule is CCC(Oc1ccc(Cl)cc1CNC(=O)Cc1c(C)ccn(NCc2c(-c3ccccc3)noc2C)c1=O)C(N)=O. The Morgan fingerprint density at radius 2 is 1.85 bits per heavy atom. The summed E-state index contributed by atoms with van der Waals surface area (Å²) >= 11 is 6.15. The third kappa shape index (κ3) is 7.15. The summed E-state index contributed by atoms with van der Waals surface area (Å²) in [7, 11) is 0. The Balaban J connectivity index is 1.45. The number of hydrogen-bond acceptors (Lipinski definition) is 7. The zero-order valence-corrected chi connectivity index (χ0v) is 23.8. The number of primary amides is 1. The first-order valence-electron chi connectivity index (χ1n) is 13.1. The molecular weight excluding hydrogens is 546 g/mol. The number of nitrogens with zero attached hydrogens (tertiary/aromatic N) is 2. The van der Waals surface area contributed by atoms with Crippen LogP contribution in [-0.4, -0.2) is 27.8 Å². The maximum Gasteiger partial charge on any atom is 0.272 e. The highest BCUT2D eigenvalue weighted by Crippen LogP contribution is 2.26. The molecule has 0 spiro atoms. The zero-order valence-electron chi connectivity index (χ0n) is 23.1. The molecule has 10 nitrogen and oxygen atoms in total. The van der Waals surface area contributed by atoms with Gasteiger partial charge in [-0.3, -0.25) is 14.4 Å². The quantitative estimate of drug-likeness (QED) is 0.231. The van der Waals surface area contributed by atoms with Crippen LogP contribution < -0.4 is 26.8 Å². The van der Waals surface area contributed by atoms with Crippen molar-refractivity contribution in [3.63, 3.8) is 0 Å². The number of benzene rings is 2. The van der Waals surface area contributed by atoms with E-state index in [1.54, 1.807) is 44.3 Å². The molecule has 0 aliphatic rings. The van der Waals surface area contributed by atoms with Gasteiger partial charge in [-0.1, -0.05) is 54.0 Å². The molecule has 0 radical (unpaired) electrons. The maximum absolute atomic E-state index is 13.3. The second-order valence-electron chi connectivity index (χ2n) is 9.54. The first kappa shape index (κ1) is 29.4. The van der Waals surface area contributed by atoms with Crippen LogP contribution in [0.4, 0.5) is 0 Å². The minimum absolute atomic E-state index is 0.0806. The molecule has 41 heavy (non-hydrogen) atoms. The molecule has 2 amide bonds. The summed E-state index contributed by atoms with van der Waals surface area (Å²) in [6.07, 6.45) is 1.07. The van der Waals surface area contributed by atoms with Crippen LogP contribution in [0.25, 0.3) is 11.3 Å². The highest BCUT2D eigenvalue weighted by Gasteiger charge is 2.19. The second-order valence-corrected chi connectivity index (χ2v) is 9.98. The summed E-state index contributed by atoms with van der Waals surface area (Å²) < 4.78 is 12.5. The Morgan fingerprint density at radius 1 is 1.10 bits per heavy atom. The first-order valence-corrected chi connectivity index (χ1v) is 13.5. The van der Waals surface area contributed by atoms with Crippen LogP contribution >= 0.6 is 11.6 Å². The largest absolute Gasteiger partial charge is 0.480 e. The van der Waals surface area contributed by atoms with Crippen LogP contribution in [0.5, 0.6) is 5.75 Å². The molecule has 4 N–H and O–H groups in total. The highest BCUT2D eigenvalue weighted by atomic mass is 35.5. The van der Waals surface area contributed by atoms with Crippen molar-refractivity contribution in [2.75, 3.05) is 5.43 Å². The van der Waals surface area contributed by atoms with Gasteiger partial charge in [-0.05, 0) is 50.1 Å². The van der Waals surface area contributed by atoms with Crippen molar-refractivity contribution in [3.8, 4) is 17.0 Å². The fourth-order valence-corrected chi connectivity index (χ4v) is 4.50.